The zero-order chi connectivity index (χ0) is 14.6. The van der Waals surface area contributed by atoms with E-state index in [1.807, 2.05) is 0 Å². The zero-order valence-corrected chi connectivity index (χ0v) is 13.8. The number of Topliss-reactive ketones (excluding diaryl/α,β-unsaturated/α-hetero) is 1. The Kier molecular flexibility index (Phi) is 3.41. The fourth-order valence-electron chi connectivity index (χ4n) is 3.83. The number of rotatable bonds is 1. The molecule has 2 aliphatic rings. The second-order valence-corrected chi connectivity index (χ2v) is 8.93. The molecule has 1 spiro atoms. The summed E-state index contributed by atoms with van der Waals surface area (Å²) in [6.07, 6.45) is 3.74. The highest BCUT2D eigenvalue weighted by molar-refractivity contribution is 5.89. The highest BCUT2D eigenvalue weighted by Gasteiger charge is 2.56. The SMILES string of the molecule is CC1CCC12C[C@@H](C(=O)C(C)(C)C)N(C(C)(C)C)C2. The molecule has 2 nitrogen and oxygen atoms in total. The summed E-state index contributed by atoms with van der Waals surface area (Å²) in [4.78, 5) is 15.3. The third-order valence-corrected chi connectivity index (χ3v) is 5.49. The lowest BCUT2D eigenvalue weighted by Crippen LogP contribution is -2.51. The molecule has 110 valence electrons. The predicted molar refractivity (Wildman–Crippen MR) is 80.2 cm³/mol. The minimum Gasteiger partial charge on any atom is -0.297 e. The van der Waals surface area contributed by atoms with Gasteiger partial charge in [0.2, 0.25) is 0 Å². The van der Waals surface area contributed by atoms with Crippen molar-refractivity contribution >= 4 is 5.78 Å². The molecule has 0 radical (unpaired) electrons. The molecule has 19 heavy (non-hydrogen) atoms. The Labute approximate surface area is 118 Å². The van der Waals surface area contributed by atoms with E-state index >= 15 is 0 Å². The Bertz CT molecular complexity index is 374. The number of carbonyl (C=O) groups is 1. The average Bonchev–Trinajstić information content (AvgIpc) is 2.67. The van der Waals surface area contributed by atoms with E-state index in [1.165, 1.54) is 12.8 Å². The van der Waals surface area contributed by atoms with Gasteiger partial charge in [-0.1, -0.05) is 27.7 Å². The Morgan fingerprint density at radius 2 is 1.74 bits per heavy atom. The van der Waals surface area contributed by atoms with Gasteiger partial charge in [-0.3, -0.25) is 9.69 Å². The molecule has 0 bridgehead atoms. The fourth-order valence-corrected chi connectivity index (χ4v) is 3.83. The van der Waals surface area contributed by atoms with Crippen molar-refractivity contribution in [3.8, 4) is 0 Å². The third-order valence-electron chi connectivity index (χ3n) is 5.49. The molecule has 2 fully saturated rings. The first kappa shape index (κ1) is 15.0. The molecule has 1 saturated heterocycles. The van der Waals surface area contributed by atoms with Gasteiger partial charge in [0.25, 0.3) is 0 Å². The number of likely N-dealkylation sites (tertiary alicyclic amines) is 1. The second-order valence-electron chi connectivity index (χ2n) is 8.93. The van der Waals surface area contributed by atoms with Gasteiger partial charge < -0.3 is 0 Å². The summed E-state index contributed by atoms with van der Waals surface area (Å²) < 4.78 is 0. The van der Waals surface area contributed by atoms with Gasteiger partial charge in [-0.05, 0) is 51.4 Å². The summed E-state index contributed by atoms with van der Waals surface area (Å²) >= 11 is 0. The largest absolute Gasteiger partial charge is 0.297 e. The molecule has 2 unspecified atom stereocenters. The maximum Gasteiger partial charge on any atom is 0.155 e. The Balaban J connectivity index is 2.27. The summed E-state index contributed by atoms with van der Waals surface area (Å²) in [7, 11) is 0. The van der Waals surface area contributed by atoms with Gasteiger partial charge in [-0.25, -0.2) is 0 Å². The average molecular weight is 265 g/mol. The maximum atomic E-state index is 12.8. The van der Waals surface area contributed by atoms with Crippen LogP contribution in [0.5, 0.6) is 0 Å². The number of hydrogen-bond donors (Lipinski definition) is 0. The molecule has 0 aromatic carbocycles. The van der Waals surface area contributed by atoms with E-state index < -0.39 is 0 Å². The van der Waals surface area contributed by atoms with Crippen LogP contribution < -0.4 is 0 Å². The van der Waals surface area contributed by atoms with Crippen LogP contribution in [-0.4, -0.2) is 28.8 Å². The zero-order valence-electron chi connectivity index (χ0n) is 13.8. The third kappa shape index (κ3) is 2.49. The molecule has 1 aliphatic heterocycles. The molecule has 0 amide bonds. The van der Waals surface area contributed by atoms with Crippen molar-refractivity contribution in [2.75, 3.05) is 6.54 Å². The van der Waals surface area contributed by atoms with Gasteiger partial charge in [0.1, 0.15) is 0 Å². The standard InChI is InChI=1S/C17H31NO/c1-12-8-9-17(12)10-13(14(19)15(2,3)4)18(11-17)16(5,6)7/h12-13H,8-11H2,1-7H3/t12?,13-,17?/m0/s1. The molecule has 1 aliphatic carbocycles. The second kappa shape index (κ2) is 4.31. The molecule has 0 aromatic rings. The minimum absolute atomic E-state index is 0.0877. The van der Waals surface area contributed by atoms with Gasteiger partial charge >= 0.3 is 0 Å². The number of nitrogens with zero attached hydrogens (tertiary/aromatic N) is 1. The minimum atomic E-state index is -0.229. The van der Waals surface area contributed by atoms with Crippen LogP contribution in [0.1, 0.15) is 67.7 Å². The summed E-state index contributed by atoms with van der Waals surface area (Å²) in [6, 6.07) is 0.128. The molecule has 3 atom stereocenters. The normalized spacial score (nSPS) is 36.6. The Morgan fingerprint density at radius 3 is 2.05 bits per heavy atom. The van der Waals surface area contributed by atoms with Crippen LogP contribution in [0.4, 0.5) is 0 Å². The maximum absolute atomic E-state index is 12.8. The topological polar surface area (TPSA) is 20.3 Å². The van der Waals surface area contributed by atoms with Gasteiger partial charge in [0.15, 0.2) is 5.78 Å². The monoisotopic (exact) mass is 265 g/mol. The number of carbonyl (C=O) groups excluding carboxylic acids is 1. The molecule has 0 N–H and O–H groups in total. The van der Waals surface area contributed by atoms with Crippen LogP contribution in [0.2, 0.25) is 0 Å². The van der Waals surface area contributed by atoms with Crippen LogP contribution in [0.15, 0.2) is 0 Å². The van der Waals surface area contributed by atoms with Crippen LogP contribution in [-0.2, 0) is 4.79 Å². The van der Waals surface area contributed by atoms with Crippen LogP contribution in [0.3, 0.4) is 0 Å². The highest BCUT2D eigenvalue weighted by atomic mass is 16.1. The number of hydrogen-bond acceptors (Lipinski definition) is 2. The van der Waals surface area contributed by atoms with Gasteiger partial charge in [0.05, 0.1) is 6.04 Å². The first-order chi connectivity index (χ1) is 8.47. The van der Waals surface area contributed by atoms with Crippen molar-refractivity contribution in [1.29, 1.82) is 0 Å². The van der Waals surface area contributed by atoms with E-state index in [4.69, 9.17) is 0 Å². The van der Waals surface area contributed by atoms with Crippen molar-refractivity contribution < 1.29 is 4.79 Å². The highest BCUT2D eigenvalue weighted by Crippen LogP contribution is 2.56. The summed E-state index contributed by atoms with van der Waals surface area (Å²) in [5.41, 5.74) is 0.288. The molecule has 1 saturated carbocycles. The lowest BCUT2D eigenvalue weighted by Gasteiger charge is -2.46. The van der Waals surface area contributed by atoms with Crippen molar-refractivity contribution in [2.45, 2.75) is 79.3 Å². The first-order valence-electron chi connectivity index (χ1n) is 7.78. The molecule has 0 aromatic heterocycles. The summed E-state index contributed by atoms with van der Waals surface area (Å²) in [6.45, 7) is 16.4. The summed E-state index contributed by atoms with van der Waals surface area (Å²) in [5, 5.41) is 0. The lowest BCUT2D eigenvalue weighted by atomic mass is 9.59. The Morgan fingerprint density at radius 1 is 1.16 bits per heavy atom. The predicted octanol–water partition coefficient (Wildman–Crippen LogP) is 3.89. The van der Waals surface area contributed by atoms with E-state index in [-0.39, 0.29) is 17.0 Å². The molecule has 2 rings (SSSR count). The molecular weight excluding hydrogens is 234 g/mol. The van der Waals surface area contributed by atoms with Crippen LogP contribution >= 0.6 is 0 Å². The smallest absolute Gasteiger partial charge is 0.155 e. The van der Waals surface area contributed by atoms with Crippen LogP contribution in [0.25, 0.3) is 0 Å². The van der Waals surface area contributed by atoms with Crippen molar-refractivity contribution in [3.05, 3.63) is 0 Å². The van der Waals surface area contributed by atoms with E-state index in [2.05, 4.69) is 53.4 Å². The van der Waals surface area contributed by atoms with Gasteiger partial charge in [-0.15, -0.1) is 0 Å². The van der Waals surface area contributed by atoms with E-state index in [0.29, 0.717) is 11.2 Å². The van der Waals surface area contributed by atoms with E-state index in [9.17, 15) is 4.79 Å². The van der Waals surface area contributed by atoms with Gasteiger partial charge in [0, 0.05) is 17.5 Å². The quantitative estimate of drug-likeness (QED) is 0.717. The van der Waals surface area contributed by atoms with Gasteiger partial charge in [-0.2, -0.15) is 0 Å². The summed E-state index contributed by atoms with van der Waals surface area (Å²) in [5.74, 6) is 1.22. The lowest BCUT2D eigenvalue weighted by molar-refractivity contribution is -0.132. The molecule has 1 heterocycles. The molecular formula is C17H31NO. The van der Waals surface area contributed by atoms with E-state index in [0.717, 1.165) is 18.9 Å². The first-order valence-corrected chi connectivity index (χ1v) is 7.78. The Hall–Kier alpha value is -0.370. The number of ketones is 1. The fraction of sp³-hybridized carbons (Fsp3) is 0.941. The van der Waals surface area contributed by atoms with E-state index in [1.54, 1.807) is 0 Å². The van der Waals surface area contributed by atoms with Crippen LogP contribution in [0, 0.1) is 16.7 Å². The van der Waals surface area contributed by atoms with Crippen molar-refractivity contribution in [3.63, 3.8) is 0 Å². The van der Waals surface area contributed by atoms with Crippen molar-refractivity contribution in [2.24, 2.45) is 16.7 Å². The van der Waals surface area contributed by atoms with Crippen molar-refractivity contribution in [1.82, 2.24) is 4.90 Å². The molecule has 2 heteroatoms.